The van der Waals surface area contributed by atoms with Crippen LogP contribution in [0.15, 0.2) is 67.0 Å². The van der Waals surface area contributed by atoms with E-state index in [1.807, 2.05) is 6.07 Å². The van der Waals surface area contributed by atoms with Crippen molar-refractivity contribution in [3.63, 3.8) is 0 Å². The maximum atomic E-state index is 13.2. The third-order valence-corrected chi connectivity index (χ3v) is 4.96. The molecule has 0 atom stereocenters. The minimum Gasteiger partial charge on any atom is -0.321 e. The third kappa shape index (κ3) is 3.70. The molecule has 2 aromatic heterocycles. The Kier molecular flexibility index (Phi) is 5.12. The number of anilines is 1. The number of carbonyl (C=O) groups excluding carboxylic acids is 1. The number of carbonyl (C=O) groups is 1. The minimum absolute atomic E-state index is 0.0634. The molecular formula is C22H15ClN4O3. The number of aromatic nitrogens is 2. The number of nitrogens with one attached hydrogen (secondary N) is 1. The third-order valence-electron chi connectivity index (χ3n) is 4.72. The van der Waals surface area contributed by atoms with Crippen molar-refractivity contribution < 1.29 is 9.72 Å². The number of amides is 1. The zero-order valence-corrected chi connectivity index (χ0v) is 16.6. The molecule has 4 aromatic rings. The molecule has 7 nitrogen and oxygen atoms in total. The van der Waals surface area contributed by atoms with Gasteiger partial charge in [0.05, 0.1) is 32.9 Å². The predicted molar refractivity (Wildman–Crippen MR) is 116 cm³/mol. The number of benzene rings is 2. The van der Waals surface area contributed by atoms with Crippen LogP contribution >= 0.6 is 11.6 Å². The molecule has 0 spiro atoms. The van der Waals surface area contributed by atoms with Gasteiger partial charge in [0.2, 0.25) is 0 Å². The number of rotatable bonds is 4. The Morgan fingerprint density at radius 3 is 2.70 bits per heavy atom. The number of halogens is 1. The van der Waals surface area contributed by atoms with E-state index in [1.54, 1.807) is 55.7 Å². The molecule has 2 aromatic carbocycles. The lowest BCUT2D eigenvalue weighted by molar-refractivity contribution is -0.385. The summed E-state index contributed by atoms with van der Waals surface area (Å²) in [4.78, 5) is 32.7. The summed E-state index contributed by atoms with van der Waals surface area (Å²) in [6.45, 7) is 1.59. The topological polar surface area (TPSA) is 98.0 Å². The molecule has 0 aliphatic heterocycles. The van der Waals surface area contributed by atoms with Crippen LogP contribution in [0.5, 0.6) is 0 Å². The molecule has 0 aliphatic carbocycles. The van der Waals surface area contributed by atoms with Crippen molar-refractivity contribution in [1.29, 1.82) is 0 Å². The Balaban J connectivity index is 1.83. The van der Waals surface area contributed by atoms with E-state index in [-0.39, 0.29) is 5.69 Å². The normalized spacial score (nSPS) is 10.7. The lowest BCUT2D eigenvalue weighted by Crippen LogP contribution is -2.14. The lowest BCUT2D eigenvalue weighted by atomic mass is 10.0. The van der Waals surface area contributed by atoms with E-state index >= 15 is 0 Å². The van der Waals surface area contributed by atoms with Crippen molar-refractivity contribution in [2.24, 2.45) is 0 Å². The molecule has 2 heterocycles. The number of hydrogen-bond donors (Lipinski definition) is 1. The van der Waals surface area contributed by atoms with Crippen molar-refractivity contribution in [3.8, 4) is 11.3 Å². The van der Waals surface area contributed by atoms with Crippen molar-refractivity contribution in [1.82, 2.24) is 9.97 Å². The molecule has 0 unspecified atom stereocenters. The average Bonchev–Trinajstić information content (AvgIpc) is 2.74. The van der Waals surface area contributed by atoms with Crippen molar-refractivity contribution in [3.05, 3.63) is 93.3 Å². The molecule has 0 radical (unpaired) electrons. The zero-order chi connectivity index (χ0) is 21.3. The van der Waals surface area contributed by atoms with Crippen LogP contribution in [0.3, 0.4) is 0 Å². The summed E-state index contributed by atoms with van der Waals surface area (Å²) in [6.07, 6.45) is 3.32. The molecule has 0 fully saturated rings. The summed E-state index contributed by atoms with van der Waals surface area (Å²) in [5, 5.41) is 15.0. The van der Waals surface area contributed by atoms with Crippen LogP contribution in [0, 0.1) is 17.0 Å². The second kappa shape index (κ2) is 7.88. The number of nitro benzene ring substituents is 1. The fourth-order valence-electron chi connectivity index (χ4n) is 3.19. The predicted octanol–water partition coefficient (Wildman–Crippen LogP) is 5.42. The molecule has 0 bridgehead atoms. The Hall–Kier alpha value is -3.84. The van der Waals surface area contributed by atoms with Gasteiger partial charge in [-0.05, 0) is 49.4 Å². The molecular weight excluding hydrogens is 404 g/mol. The van der Waals surface area contributed by atoms with Gasteiger partial charge < -0.3 is 5.32 Å². The minimum atomic E-state index is -0.479. The Bertz CT molecular complexity index is 1290. The average molecular weight is 419 g/mol. The van der Waals surface area contributed by atoms with Crippen molar-refractivity contribution in [2.45, 2.75) is 6.92 Å². The van der Waals surface area contributed by atoms with Crippen LogP contribution in [-0.2, 0) is 0 Å². The summed E-state index contributed by atoms with van der Waals surface area (Å²) < 4.78 is 0. The highest BCUT2D eigenvalue weighted by atomic mass is 35.5. The molecule has 0 saturated carbocycles. The first-order valence-electron chi connectivity index (χ1n) is 9.00. The molecule has 30 heavy (non-hydrogen) atoms. The van der Waals surface area contributed by atoms with Crippen LogP contribution in [0.4, 0.5) is 11.4 Å². The lowest BCUT2D eigenvalue weighted by Gasteiger charge is -2.12. The summed E-state index contributed by atoms with van der Waals surface area (Å²) in [5.41, 5.74) is 2.97. The van der Waals surface area contributed by atoms with Gasteiger partial charge in [0.15, 0.2) is 0 Å². The summed E-state index contributed by atoms with van der Waals surface area (Å²) in [6, 6.07) is 15.0. The van der Waals surface area contributed by atoms with E-state index in [2.05, 4.69) is 15.3 Å². The maximum absolute atomic E-state index is 13.2. The number of nitrogens with zero attached hydrogens (tertiary/aromatic N) is 3. The molecule has 148 valence electrons. The molecule has 1 N–H and O–H groups in total. The summed E-state index contributed by atoms with van der Waals surface area (Å²) in [7, 11) is 0. The molecule has 0 aliphatic rings. The quantitative estimate of drug-likeness (QED) is 0.352. The van der Waals surface area contributed by atoms with Gasteiger partial charge in [0.25, 0.3) is 11.6 Å². The molecule has 1 amide bonds. The first kappa shape index (κ1) is 19.5. The van der Waals surface area contributed by atoms with Gasteiger partial charge in [-0.25, -0.2) is 4.98 Å². The first-order chi connectivity index (χ1) is 14.4. The zero-order valence-electron chi connectivity index (χ0n) is 15.8. The van der Waals surface area contributed by atoms with Gasteiger partial charge in [-0.2, -0.15) is 0 Å². The van der Waals surface area contributed by atoms with Gasteiger partial charge in [-0.3, -0.25) is 19.9 Å². The molecule has 8 heteroatoms. The Labute approximate surface area is 176 Å². The van der Waals surface area contributed by atoms with E-state index in [9.17, 15) is 14.9 Å². The van der Waals surface area contributed by atoms with E-state index < -0.39 is 10.8 Å². The van der Waals surface area contributed by atoms with Gasteiger partial charge in [-0.15, -0.1) is 0 Å². The van der Waals surface area contributed by atoms with Crippen molar-refractivity contribution in [2.75, 3.05) is 5.32 Å². The largest absolute Gasteiger partial charge is 0.321 e. The van der Waals surface area contributed by atoms with Crippen LogP contribution in [0.25, 0.3) is 22.2 Å². The second-order valence-electron chi connectivity index (χ2n) is 6.62. The Morgan fingerprint density at radius 2 is 1.97 bits per heavy atom. The Morgan fingerprint density at radius 1 is 1.13 bits per heavy atom. The second-order valence-corrected chi connectivity index (χ2v) is 7.06. The van der Waals surface area contributed by atoms with E-state index in [0.29, 0.717) is 38.4 Å². The monoisotopic (exact) mass is 418 g/mol. The number of hydrogen-bond acceptors (Lipinski definition) is 5. The molecule has 0 saturated heterocycles. The fraction of sp³-hybridized carbons (Fsp3) is 0.0455. The van der Waals surface area contributed by atoms with E-state index in [0.717, 1.165) is 5.56 Å². The number of pyridine rings is 2. The van der Waals surface area contributed by atoms with Gasteiger partial charge >= 0.3 is 0 Å². The van der Waals surface area contributed by atoms with Gasteiger partial charge in [0, 0.05) is 34.4 Å². The highest BCUT2D eigenvalue weighted by molar-refractivity contribution is 6.31. The summed E-state index contributed by atoms with van der Waals surface area (Å²) in [5.74, 6) is -0.418. The van der Waals surface area contributed by atoms with Crippen LogP contribution in [0.1, 0.15) is 15.9 Å². The standard InChI is InChI=1S/C22H15ClN4O3/c1-13-18(5-2-6-21(13)27(29)30)26-22(28)17-11-20(14-4-3-9-24-12-14)25-19-8-7-15(23)10-16(17)19/h2-12H,1H3,(H,26,28). The van der Waals surface area contributed by atoms with E-state index in [4.69, 9.17) is 11.6 Å². The fourth-order valence-corrected chi connectivity index (χ4v) is 3.37. The van der Waals surface area contributed by atoms with Crippen LogP contribution in [-0.4, -0.2) is 20.8 Å². The number of fused-ring (bicyclic) bond motifs is 1. The van der Waals surface area contributed by atoms with Crippen molar-refractivity contribution >= 4 is 39.8 Å². The van der Waals surface area contributed by atoms with E-state index in [1.165, 1.54) is 12.1 Å². The smallest absolute Gasteiger partial charge is 0.274 e. The highest BCUT2D eigenvalue weighted by Gasteiger charge is 2.18. The maximum Gasteiger partial charge on any atom is 0.274 e. The number of nitro groups is 1. The van der Waals surface area contributed by atoms with Gasteiger partial charge in [-0.1, -0.05) is 17.7 Å². The summed E-state index contributed by atoms with van der Waals surface area (Å²) >= 11 is 6.15. The SMILES string of the molecule is Cc1c(NC(=O)c2cc(-c3cccnc3)nc3ccc(Cl)cc23)cccc1[N+](=O)[O-]. The molecule has 4 rings (SSSR count). The van der Waals surface area contributed by atoms with Crippen LogP contribution in [0.2, 0.25) is 5.02 Å². The highest BCUT2D eigenvalue weighted by Crippen LogP contribution is 2.29. The van der Waals surface area contributed by atoms with Crippen LogP contribution < -0.4 is 5.32 Å². The first-order valence-corrected chi connectivity index (χ1v) is 9.38. The van der Waals surface area contributed by atoms with Gasteiger partial charge in [0.1, 0.15) is 0 Å².